The minimum atomic E-state index is -3.69. The second kappa shape index (κ2) is 7.55. The van der Waals surface area contributed by atoms with Gasteiger partial charge in [0.25, 0.3) is 5.91 Å². The standard InChI is InChI=1S/C20H16FN3O3S2/c21-17-2-1-3-18-16(17)12-19(28-18)20(25)23-8-10-24(11-9-23)29(26,27)15-6-4-14(13-22)5-7-15/h1-7,12H,8-11H2. The molecule has 3 aromatic rings. The van der Waals surface area contributed by atoms with Crippen molar-refractivity contribution in [2.24, 2.45) is 0 Å². The van der Waals surface area contributed by atoms with E-state index in [0.29, 0.717) is 20.5 Å². The van der Waals surface area contributed by atoms with Crippen LogP contribution in [-0.2, 0) is 10.0 Å². The lowest BCUT2D eigenvalue weighted by Gasteiger charge is -2.33. The predicted molar refractivity (Wildman–Crippen MR) is 108 cm³/mol. The van der Waals surface area contributed by atoms with Crippen molar-refractivity contribution < 1.29 is 17.6 Å². The van der Waals surface area contributed by atoms with Gasteiger partial charge in [-0.25, -0.2) is 12.8 Å². The molecule has 0 spiro atoms. The first-order chi connectivity index (χ1) is 13.9. The Morgan fingerprint density at radius 3 is 2.38 bits per heavy atom. The molecule has 1 saturated heterocycles. The molecule has 0 atom stereocenters. The topological polar surface area (TPSA) is 81.5 Å². The highest BCUT2D eigenvalue weighted by Crippen LogP contribution is 2.29. The summed E-state index contributed by atoms with van der Waals surface area (Å²) in [4.78, 5) is 14.9. The normalized spacial score (nSPS) is 15.4. The smallest absolute Gasteiger partial charge is 0.264 e. The number of halogens is 1. The minimum absolute atomic E-state index is 0.122. The summed E-state index contributed by atoms with van der Waals surface area (Å²) in [6.07, 6.45) is 0. The number of nitriles is 1. The molecule has 0 N–H and O–H groups in total. The van der Waals surface area contributed by atoms with Crippen LogP contribution in [0.4, 0.5) is 4.39 Å². The first-order valence-corrected chi connectivity index (χ1v) is 11.1. The van der Waals surface area contributed by atoms with Crippen molar-refractivity contribution in [3.63, 3.8) is 0 Å². The molecule has 1 aliphatic rings. The van der Waals surface area contributed by atoms with Gasteiger partial charge in [0.1, 0.15) is 5.82 Å². The number of rotatable bonds is 3. The maximum absolute atomic E-state index is 13.9. The SMILES string of the molecule is N#Cc1ccc(S(=O)(=O)N2CCN(C(=O)c3cc4c(F)cccc4s3)CC2)cc1. The van der Waals surface area contributed by atoms with Crippen molar-refractivity contribution in [2.45, 2.75) is 4.90 Å². The van der Waals surface area contributed by atoms with Crippen molar-refractivity contribution in [2.75, 3.05) is 26.2 Å². The number of carbonyl (C=O) groups excluding carboxylic acids is 1. The van der Waals surface area contributed by atoms with Gasteiger partial charge in [-0.2, -0.15) is 9.57 Å². The number of benzene rings is 2. The molecular weight excluding hydrogens is 413 g/mol. The average Bonchev–Trinajstić information content (AvgIpc) is 3.19. The summed E-state index contributed by atoms with van der Waals surface area (Å²) >= 11 is 1.23. The second-order valence-electron chi connectivity index (χ2n) is 6.59. The molecule has 2 heterocycles. The predicted octanol–water partition coefficient (Wildman–Crippen LogP) is 3.06. The number of piperazine rings is 1. The highest BCUT2D eigenvalue weighted by Gasteiger charge is 2.31. The number of amides is 1. The summed E-state index contributed by atoms with van der Waals surface area (Å²) in [5.74, 6) is -0.586. The maximum Gasteiger partial charge on any atom is 0.264 e. The lowest BCUT2D eigenvalue weighted by atomic mass is 10.2. The van der Waals surface area contributed by atoms with Crippen LogP contribution in [-0.4, -0.2) is 49.7 Å². The number of carbonyl (C=O) groups is 1. The fraction of sp³-hybridized carbons (Fsp3) is 0.200. The fourth-order valence-electron chi connectivity index (χ4n) is 3.27. The van der Waals surface area contributed by atoms with E-state index in [0.717, 1.165) is 0 Å². The minimum Gasteiger partial charge on any atom is -0.335 e. The second-order valence-corrected chi connectivity index (χ2v) is 9.62. The third-order valence-corrected chi connectivity index (χ3v) is 7.87. The van der Waals surface area contributed by atoms with E-state index in [1.807, 2.05) is 6.07 Å². The first kappa shape index (κ1) is 19.5. The van der Waals surface area contributed by atoms with Gasteiger partial charge in [-0.3, -0.25) is 4.79 Å². The number of thiophene rings is 1. The quantitative estimate of drug-likeness (QED) is 0.641. The summed E-state index contributed by atoms with van der Waals surface area (Å²) < 4.78 is 41.5. The molecule has 0 radical (unpaired) electrons. The molecule has 0 unspecified atom stereocenters. The van der Waals surface area contributed by atoms with Crippen molar-refractivity contribution in [1.82, 2.24) is 9.21 Å². The zero-order valence-corrected chi connectivity index (χ0v) is 16.8. The number of hydrogen-bond donors (Lipinski definition) is 0. The Labute approximate surface area is 171 Å². The molecule has 0 saturated carbocycles. The van der Waals surface area contributed by atoms with Crippen molar-refractivity contribution in [3.05, 3.63) is 64.8 Å². The number of fused-ring (bicyclic) bond motifs is 1. The molecule has 1 aliphatic heterocycles. The zero-order valence-electron chi connectivity index (χ0n) is 15.2. The summed E-state index contributed by atoms with van der Waals surface area (Å²) in [5.41, 5.74) is 0.388. The van der Waals surface area contributed by atoms with Crippen LogP contribution in [0, 0.1) is 17.1 Å². The molecule has 148 valence electrons. The lowest BCUT2D eigenvalue weighted by Crippen LogP contribution is -2.50. The van der Waals surface area contributed by atoms with E-state index < -0.39 is 10.0 Å². The monoisotopic (exact) mass is 429 g/mol. The summed E-state index contributed by atoms with van der Waals surface area (Å²) in [7, 11) is -3.69. The van der Waals surface area contributed by atoms with Crippen LogP contribution in [0.25, 0.3) is 10.1 Å². The first-order valence-electron chi connectivity index (χ1n) is 8.88. The Hall–Kier alpha value is -2.80. The van der Waals surface area contributed by atoms with Crippen LogP contribution in [0.5, 0.6) is 0 Å². The van der Waals surface area contributed by atoms with Gasteiger partial charge in [0.05, 0.1) is 21.4 Å². The molecule has 0 aliphatic carbocycles. The summed E-state index contributed by atoms with van der Waals surface area (Å²) in [6.45, 7) is 0.858. The third kappa shape index (κ3) is 3.62. The van der Waals surface area contributed by atoms with Gasteiger partial charge in [0.2, 0.25) is 10.0 Å². The van der Waals surface area contributed by atoms with E-state index in [9.17, 15) is 17.6 Å². The van der Waals surface area contributed by atoms with Crippen LogP contribution < -0.4 is 0 Å². The summed E-state index contributed by atoms with van der Waals surface area (Å²) in [5, 5.41) is 9.27. The Morgan fingerprint density at radius 1 is 1.07 bits per heavy atom. The van der Waals surface area contributed by atoms with Crippen LogP contribution in [0.3, 0.4) is 0 Å². The molecule has 1 aromatic heterocycles. The molecule has 1 amide bonds. The van der Waals surface area contributed by atoms with Gasteiger partial charge >= 0.3 is 0 Å². The fourth-order valence-corrected chi connectivity index (χ4v) is 5.73. The van der Waals surface area contributed by atoms with Crippen LogP contribution in [0.15, 0.2) is 53.4 Å². The van der Waals surface area contributed by atoms with Gasteiger partial charge in [0.15, 0.2) is 0 Å². The van der Waals surface area contributed by atoms with E-state index >= 15 is 0 Å². The van der Waals surface area contributed by atoms with E-state index in [2.05, 4.69) is 0 Å². The Balaban J connectivity index is 1.47. The molecule has 4 rings (SSSR count). The molecule has 0 bridgehead atoms. The molecule has 29 heavy (non-hydrogen) atoms. The van der Waals surface area contributed by atoms with Crippen LogP contribution in [0.2, 0.25) is 0 Å². The molecule has 2 aromatic carbocycles. The number of sulfonamides is 1. The average molecular weight is 429 g/mol. The number of hydrogen-bond acceptors (Lipinski definition) is 5. The number of nitrogens with zero attached hydrogens (tertiary/aromatic N) is 3. The van der Waals surface area contributed by atoms with Crippen molar-refractivity contribution in [3.8, 4) is 6.07 Å². The Kier molecular flexibility index (Phi) is 5.08. The Bertz CT molecular complexity index is 1220. The molecule has 9 heteroatoms. The molecular formula is C20H16FN3O3S2. The van der Waals surface area contributed by atoms with Gasteiger partial charge in [-0.1, -0.05) is 6.07 Å². The molecule has 1 fully saturated rings. The maximum atomic E-state index is 13.9. The third-order valence-electron chi connectivity index (χ3n) is 4.87. The highest BCUT2D eigenvalue weighted by molar-refractivity contribution is 7.89. The highest BCUT2D eigenvalue weighted by atomic mass is 32.2. The van der Waals surface area contributed by atoms with Gasteiger partial charge in [0, 0.05) is 36.3 Å². The van der Waals surface area contributed by atoms with Crippen LogP contribution in [0.1, 0.15) is 15.2 Å². The van der Waals surface area contributed by atoms with E-state index in [1.54, 1.807) is 23.1 Å². The van der Waals surface area contributed by atoms with Gasteiger partial charge < -0.3 is 4.90 Å². The summed E-state index contributed by atoms with van der Waals surface area (Å²) in [6, 6.07) is 14.0. The largest absolute Gasteiger partial charge is 0.335 e. The molecule has 6 nitrogen and oxygen atoms in total. The van der Waals surface area contributed by atoms with E-state index in [-0.39, 0.29) is 42.8 Å². The van der Waals surface area contributed by atoms with Crippen molar-refractivity contribution >= 4 is 37.4 Å². The van der Waals surface area contributed by atoms with Crippen molar-refractivity contribution in [1.29, 1.82) is 5.26 Å². The van der Waals surface area contributed by atoms with E-state index in [4.69, 9.17) is 5.26 Å². The van der Waals surface area contributed by atoms with E-state index in [1.165, 1.54) is 46.0 Å². The van der Waals surface area contributed by atoms with Crippen LogP contribution >= 0.6 is 11.3 Å². The zero-order chi connectivity index (χ0) is 20.6. The Morgan fingerprint density at radius 2 is 1.76 bits per heavy atom. The van der Waals surface area contributed by atoms with Gasteiger partial charge in [-0.15, -0.1) is 11.3 Å². The lowest BCUT2D eigenvalue weighted by molar-refractivity contribution is 0.0703. The van der Waals surface area contributed by atoms with Gasteiger partial charge in [-0.05, 0) is 42.5 Å².